The van der Waals surface area contributed by atoms with Gasteiger partial charge in [-0.05, 0) is 39.5 Å². The van der Waals surface area contributed by atoms with Gasteiger partial charge in [0.2, 0.25) is 0 Å². The monoisotopic (exact) mass is 212 g/mol. The first-order valence-corrected chi connectivity index (χ1v) is 5.63. The number of rotatable bonds is 5. The number of hydrogen-bond donors (Lipinski definition) is 0. The van der Waals surface area contributed by atoms with E-state index in [4.69, 9.17) is 4.74 Å². The number of carbonyl (C=O) groups excluding carboxylic acids is 1. The van der Waals surface area contributed by atoms with Crippen LogP contribution in [0, 0.1) is 5.92 Å². The lowest BCUT2D eigenvalue weighted by Gasteiger charge is -2.20. The summed E-state index contributed by atoms with van der Waals surface area (Å²) in [5.41, 5.74) is 0.170. The molecule has 0 aromatic heterocycles. The first kappa shape index (κ1) is 14.2. The molecule has 15 heavy (non-hydrogen) atoms. The van der Waals surface area contributed by atoms with Gasteiger partial charge in [-0.3, -0.25) is 0 Å². The predicted molar refractivity (Wildman–Crippen MR) is 63.7 cm³/mol. The van der Waals surface area contributed by atoms with Crippen molar-refractivity contribution in [3.8, 4) is 0 Å². The second kappa shape index (κ2) is 5.94. The molecule has 0 saturated carbocycles. The summed E-state index contributed by atoms with van der Waals surface area (Å²) in [6, 6.07) is 0. The summed E-state index contributed by atoms with van der Waals surface area (Å²) in [6.07, 6.45) is 2.88. The van der Waals surface area contributed by atoms with Crippen LogP contribution in [0.1, 0.15) is 53.9 Å². The quantitative estimate of drug-likeness (QED) is 0.513. The minimum absolute atomic E-state index is 0.258. The zero-order chi connectivity index (χ0) is 12.1. The zero-order valence-corrected chi connectivity index (χ0v) is 10.7. The van der Waals surface area contributed by atoms with Gasteiger partial charge < -0.3 is 4.74 Å². The summed E-state index contributed by atoms with van der Waals surface area (Å²) in [5, 5.41) is 0. The van der Waals surface area contributed by atoms with Crippen molar-refractivity contribution in [2.45, 2.75) is 59.5 Å². The molecule has 0 fully saturated rings. The summed E-state index contributed by atoms with van der Waals surface area (Å²) >= 11 is 0. The lowest BCUT2D eigenvalue weighted by molar-refractivity contribution is -0.150. The zero-order valence-electron chi connectivity index (χ0n) is 10.7. The van der Waals surface area contributed by atoms with Crippen LogP contribution in [0.15, 0.2) is 12.2 Å². The molecule has 0 heterocycles. The fourth-order valence-corrected chi connectivity index (χ4v) is 1.18. The summed E-state index contributed by atoms with van der Waals surface area (Å²) in [4.78, 5) is 11.5. The van der Waals surface area contributed by atoms with Crippen LogP contribution in [-0.2, 0) is 9.53 Å². The summed E-state index contributed by atoms with van der Waals surface area (Å²) in [7, 11) is 0. The van der Waals surface area contributed by atoms with Crippen LogP contribution in [0.25, 0.3) is 0 Å². The number of carbonyl (C=O) groups is 1. The second-order valence-corrected chi connectivity index (χ2v) is 5.39. The Morgan fingerprint density at radius 3 is 2.27 bits per heavy atom. The van der Waals surface area contributed by atoms with Crippen molar-refractivity contribution in [1.82, 2.24) is 0 Å². The summed E-state index contributed by atoms with van der Waals surface area (Å²) in [5.74, 6) is 0.419. The van der Waals surface area contributed by atoms with E-state index in [1.807, 2.05) is 20.8 Å². The van der Waals surface area contributed by atoms with E-state index in [1.54, 1.807) is 0 Å². The van der Waals surface area contributed by atoms with E-state index in [0.717, 1.165) is 19.3 Å². The predicted octanol–water partition coefficient (Wildman–Crippen LogP) is 3.71. The number of esters is 1. The molecule has 0 atom stereocenters. The third-order valence-corrected chi connectivity index (χ3v) is 1.95. The molecule has 0 rings (SSSR count). The average molecular weight is 212 g/mol. The van der Waals surface area contributed by atoms with Gasteiger partial charge in [-0.15, -0.1) is 0 Å². The molecule has 0 N–H and O–H groups in total. The van der Waals surface area contributed by atoms with Crippen LogP contribution in [0.2, 0.25) is 0 Å². The smallest absolute Gasteiger partial charge is 0.333 e. The van der Waals surface area contributed by atoms with Crippen LogP contribution in [0.3, 0.4) is 0 Å². The molecule has 0 aromatic carbocycles. The van der Waals surface area contributed by atoms with Crippen molar-refractivity contribution in [3.63, 3.8) is 0 Å². The van der Waals surface area contributed by atoms with E-state index in [2.05, 4.69) is 20.4 Å². The molecule has 0 unspecified atom stereocenters. The molecular formula is C13H24O2. The fraction of sp³-hybridized carbons (Fsp3) is 0.769. The van der Waals surface area contributed by atoms with E-state index in [9.17, 15) is 4.79 Å². The Balaban J connectivity index is 3.86. The first-order chi connectivity index (χ1) is 6.72. The van der Waals surface area contributed by atoms with Gasteiger partial charge in [-0.2, -0.15) is 0 Å². The van der Waals surface area contributed by atoms with Gasteiger partial charge in [0.05, 0.1) is 0 Å². The van der Waals surface area contributed by atoms with Crippen molar-refractivity contribution in [1.29, 1.82) is 0 Å². The van der Waals surface area contributed by atoms with Gasteiger partial charge in [-0.1, -0.05) is 26.8 Å². The maximum absolute atomic E-state index is 11.5. The van der Waals surface area contributed by atoms with E-state index in [0.29, 0.717) is 11.5 Å². The highest BCUT2D eigenvalue weighted by Gasteiger charge is 2.18. The SMILES string of the molecule is C=C(CCCC(C)C)C(=O)OC(C)(C)C. The van der Waals surface area contributed by atoms with Gasteiger partial charge in [0.15, 0.2) is 0 Å². The highest BCUT2D eigenvalue weighted by molar-refractivity contribution is 5.87. The molecule has 0 aliphatic rings. The highest BCUT2D eigenvalue weighted by atomic mass is 16.6. The average Bonchev–Trinajstić information content (AvgIpc) is 1.99. The molecule has 0 spiro atoms. The van der Waals surface area contributed by atoms with Crippen molar-refractivity contribution >= 4 is 5.97 Å². The minimum Gasteiger partial charge on any atom is -0.457 e. The lowest BCUT2D eigenvalue weighted by atomic mass is 10.0. The largest absolute Gasteiger partial charge is 0.457 e. The standard InChI is InChI=1S/C13H24O2/c1-10(2)8-7-9-11(3)12(14)15-13(4,5)6/h10H,3,7-9H2,1-2,4-6H3. The fourth-order valence-electron chi connectivity index (χ4n) is 1.18. The molecule has 0 aliphatic heterocycles. The Kier molecular flexibility index (Phi) is 5.63. The second-order valence-electron chi connectivity index (χ2n) is 5.39. The van der Waals surface area contributed by atoms with Crippen molar-refractivity contribution in [2.24, 2.45) is 5.92 Å². The molecule has 0 aromatic rings. The Morgan fingerprint density at radius 1 is 1.33 bits per heavy atom. The van der Waals surface area contributed by atoms with Gasteiger partial charge in [0, 0.05) is 5.57 Å². The Morgan fingerprint density at radius 2 is 1.87 bits per heavy atom. The molecule has 0 saturated heterocycles. The normalized spacial score (nSPS) is 11.6. The van der Waals surface area contributed by atoms with Crippen molar-refractivity contribution < 1.29 is 9.53 Å². The summed E-state index contributed by atoms with van der Waals surface area (Å²) in [6.45, 7) is 13.7. The van der Waals surface area contributed by atoms with Gasteiger partial charge in [0.1, 0.15) is 5.60 Å². The molecule has 0 bridgehead atoms. The van der Waals surface area contributed by atoms with Crippen LogP contribution >= 0.6 is 0 Å². The lowest BCUT2D eigenvalue weighted by Crippen LogP contribution is -2.24. The molecule has 0 aliphatic carbocycles. The molecule has 0 amide bonds. The van der Waals surface area contributed by atoms with Gasteiger partial charge in [-0.25, -0.2) is 4.79 Å². The Labute approximate surface area is 93.7 Å². The van der Waals surface area contributed by atoms with Crippen molar-refractivity contribution in [2.75, 3.05) is 0 Å². The molecule has 2 nitrogen and oxygen atoms in total. The Hall–Kier alpha value is -0.790. The topological polar surface area (TPSA) is 26.3 Å². The number of ether oxygens (including phenoxy) is 1. The first-order valence-electron chi connectivity index (χ1n) is 5.63. The third kappa shape index (κ3) is 8.22. The van der Waals surface area contributed by atoms with Crippen LogP contribution in [0.4, 0.5) is 0 Å². The van der Waals surface area contributed by atoms with Crippen LogP contribution < -0.4 is 0 Å². The van der Waals surface area contributed by atoms with E-state index < -0.39 is 5.60 Å². The van der Waals surface area contributed by atoms with E-state index in [-0.39, 0.29) is 5.97 Å². The molecular weight excluding hydrogens is 188 g/mol. The minimum atomic E-state index is -0.419. The molecule has 88 valence electrons. The Bertz CT molecular complexity index is 221. The van der Waals surface area contributed by atoms with Crippen LogP contribution in [-0.4, -0.2) is 11.6 Å². The van der Waals surface area contributed by atoms with E-state index in [1.165, 1.54) is 0 Å². The van der Waals surface area contributed by atoms with Crippen LogP contribution in [0.5, 0.6) is 0 Å². The number of hydrogen-bond acceptors (Lipinski definition) is 2. The van der Waals surface area contributed by atoms with Gasteiger partial charge in [0.25, 0.3) is 0 Å². The maximum atomic E-state index is 11.5. The molecule has 2 heteroatoms. The van der Waals surface area contributed by atoms with Crippen molar-refractivity contribution in [3.05, 3.63) is 12.2 Å². The summed E-state index contributed by atoms with van der Waals surface area (Å²) < 4.78 is 5.22. The van der Waals surface area contributed by atoms with Gasteiger partial charge >= 0.3 is 5.97 Å². The maximum Gasteiger partial charge on any atom is 0.333 e. The van der Waals surface area contributed by atoms with E-state index >= 15 is 0 Å². The highest BCUT2D eigenvalue weighted by Crippen LogP contribution is 2.15. The molecule has 0 radical (unpaired) electrons. The third-order valence-electron chi connectivity index (χ3n) is 1.95.